The molecule has 0 aliphatic rings. The molecule has 0 atom stereocenters. The van der Waals surface area contributed by atoms with E-state index in [-0.39, 0.29) is 0 Å². The molecule has 0 rings (SSSR count). The van der Waals surface area contributed by atoms with Crippen LogP contribution in [0.2, 0.25) is 0 Å². The van der Waals surface area contributed by atoms with Crippen LogP contribution in [0, 0.1) is 12.3 Å². The third-order valence-electron chi connectivity index (χ3n) is 0.499. The SMILES string of the molecule is C#CCCC=NO. The van der Waals surface area contributed by atoms with Gasteiger partial charge in [-0.1, -0.05) is 0 Å². The van der Waals surface area contributed by atoms with E-state index in [1.165, 1.54) is 6.21 Å². The molecule has 0 saturated carbocycles. The van der Waals surface area contributed by atoms with Crippen LogP contribution in [0.5, 0.6) is 0 Å². The van der Waals surface area contributed by atoms with Gasteiger partial charge in [0.2, 0.25) is 0 Å². The number of hydrogen-bond acceptors (Lipinski definition) is 2. The van der Waals surface area contributed by atoms with E-state index in [4.69, 9.17) is 11.6 Å². The van der Waals surface area contributed by atoms with Crippen LogP contribution >= 0.6 is 0 Å². The average molecular weight is 97.1 g/mol. The topological polar surface area (TPSA) is 32.6 Å². The molecule has 1 N–H and O–H groups in total. The molecule has 0 saturated heterocycles. The molecular formula is C5H7NO. The minimum Gasteiger partial charge on any atom is -0.411 e. The highest BCUT2D eigenvalue weighted by Crippen LogP contribution is 1.78. The highest BCUT2D eigenvalue weighted by atomic mass is 16.4. The predicted octanol–water partition coefficient (Wildman–Crippen LogP) is 0.860. The van der Waals surface area contributed by atoms with Gasteiger partial charge in [-0.15, -0.1) is 17.5 Å². The van der Waals surface area contributed by atoms with E-state index >= 15 is 0 Å². The van der Waals surface area contributed by atoms with E-state index in [1.54, 1.807) is 0 Å². The molecule has 0 radical (unpaired) electrons. The number of hydrogen-bond donors (Lipinski definition) is 1. The Labute approximate surface area is 42.8 Å². The molecule has 0 spiro atoms. The molecule has 0 fully saturated rings. The first kappa shape index (κ1) is 6.03. The van der Waals surface area contributed by atoms with Gasteiger partial charge in [0.05, 0.1) is 0 Å². The third kappa shape index (κ3) is 5.03. The Hall–Kier alpha value is -0.970. The number of unbranched alkanes of at least 4 members (excludes halogenated alkanes) is 1. The quantitative estimate of drug-likeness (QED) is 0.179. The number of terminal acetylenes is 1. The van der Waals surface area contributed by atoms with Gasteiger partial charge in [0.25, 0.3) is 0 Å². The summed E-state index contributed by atoms with van der Waals surface area (Å²) in [7, 11) is 0. The highest BCUT2D eigenvalue weighted by molar-refractivity contribution is 5.56. The second-order valence-electron chi connectivity index (χ2n) is 1.04. The summed E-state index contributed by atoms with van der Waals surface area (Å²) in [6, 6.07) is 0. The zero-order chi connectivity index (χ0) is 5.54. The summed E-state index contributed by atoms with van der Waals surface area (Å²) in [5.41, 5.74) is 0. The van der Waals surface area contributed by atoms with E-state index < -0.39 is 0 Å². The van der Waals surface area contributed by atoms with Crippen LogP contribution in [-0.2, 0) is 0 Å². The summed E-state index contributed by atoms with van der Waals surface area (Å²) in [5.74, 6) is 2.40. The Morgan fingerprint density at radius 3 is 3.00 bits per heavy atom. The Balaban J connectivity index is 2.87. The fourth-order valence-corrected chi connectivity index (χ4v) is 0.206. The maximum Gasteiger partial charge on any atom is 0.0445 e. The van der Waals surface area contributed by atoms with Crippen molar-refractivity contribution in [3.63, 3.8) is 0 Å². The molecule has 38 valence electrons. The highest BCUT2D eigenvalue weighted by Gasteiger charge is 1.71. The van der Waals surface area contributed by atoms with Gasteiger partial charge >= 0.3 is 0 Å². The van der Waals surface area contributed by atoms with Crippen LogP contribution in [-0.4, -0.2) is 11.4 Å². The summed E-state index contributed by atoms with van der Waals surface area (Å²) in [5, 5.41) is 10.5. The van der Waals surface area contributed by atoms with Crippen molar-refractivity contribution in [2.75, 3.05) is 0 Å². The zero-order valence-corrected chi connectivity index (χ0v) is 3.96. The summed E-state index contributed by atoms with van der Waals surface area (Å²) in [4.78, 5) is 0. The normalized spacial score (nSPS) is 9.00. The molecule has 0 aliphatic carbocycles. The largest absolute Gasteiger partial charge is 0.411 e. The Morgan fingerprint density at radius 2 is 2.57 bits per heavy atom. The van der Waals surface area contributed by atoms with Gasteiger partial charge in [-0.3, -0.25) is 0 Å². The molecule has 0 aliphatic heterocycles. The van der Waals surface area contributed by atoms with Gasteiger partial charge in [-0.05, 0) is 6.42 Å². The first-order valence-electron chi connectivity index (χ1n) is 2.01. The van der Waals surface area contributed by atoms with Crippen molar-refractivity contribution in [3.8, 4) is 12.3 Å². The molecule has 0 bridgehead atoms. The second kappa shape index (κ2) is 5.03. The van der Waals surface area contributed by atoms with Crippen LogP contribution < -0.4 is 0 Å². The first-order chi connectivity index (χ1) is 3.41. The van der Waals surface area contributed by atoms with Crippen molar-refractivity contribution in [2.24, 2.45) is 5.16 Å². The molecule has 7 heavy (non-hydrogen) atoms. The minimum absolute atomic E-state index is 0.643. The van der Waals surface area contributed by atoms with E-state index in [0.29, 0.717) is 12.8 Å². The number of nitrogens with zero attached hydrogens (tertiary/aromatic N) is 1. The summed E-state index contributed by atoms with van der Waals surface area (Å²) >= 11 is 0. The Bertz CT molecular complexity index is 90.7. The van der Waals surface area contributed by atoms with E-state index in [9.17, 15) is 0 Å². The lowest BCUT2D eigenvalue weighted by Crippen LogP contribution is -1.70. The third-order valence-corrected chi connectivity index (χ3v) is 0.499. The van der Waals surface area contributed by atoms with Crippen LogP contribution in [0.25, 0.3) is 0 Å². The predicted molar refractivity (Wildman–Crippen MR) is 28.3 cm³/mol. The monoisotopic (exact) mass is 97.1 g/mol. The number of rotatable bonds is 2. The molecule has 0 amide bonds. The molecule has 0 aromatic rings. The lowest BCUT2D eigenvalue weighted by Gasteiger charge is -1.75. The van der Waals surface area contributed by atoms with E-state index in [2.05, 4.69) is 11.1 Å². The number of oxime groups is 1. The average Bonchev–Trinajstić information content (AvgIpc) is 1.69. The van der Waals surface area contributed by atoms with E-state index in [1.807, 2.05) is 0 Å². The molecule has 2 nitrogen and oxygen atoms in total. The van der Waals surface area contributed by atoms with Crippen LogP contribution in [0.3, 0.4) is 0 Å². The summed E-state index contributed by atoms with van der Waals surface area (Å²) < 4.78 is 0. The van der Waals surface area contributed by atoms with Crippen molar-refractivity contribution in [1.82, 2.24) is 0 Å². The smallest absolute Gasteiger partial charge is 0.0445 e. The minimum atomic E-state index is 0.643. The maximum absolute atomic E-state index is 7.79. The van der Waals surface area contributed by atoms with Gasteiger partial charge in [-0.2, -0.15) is 0 Å². The second-order valence-corrected chi connectivity index (χ2v) is 1.04. The molecule has 0 heterocycles. The van der Waals surface area contributed by atoms with Gasteiger partial charge in [0, 0.05) is 12.6 Å². The van der Waals surface area contributed by atoms with E-state index in [0.717, 1.165) is 0 Å². The molecule has 0 aromatic heterocycles. The van der Waals surface area contributed by atoms with Gasteiger partial charge in [-0.25, -0.2) is 0 Å². The maximum atomic E-state index is 7.79. The van der Waals surface area contributed by atoms with Gasteiger partial charge in [0.15, 0.2) is 0 Å². The fraction of sp³-hybridized carbons (Fsp3) is 0.400. The van der Waals surface area contributed by atoms with Crippen molar-refractivity contribution < 1.29 is 5.21 Å². The molecule has 0 aromatic carbocycles. The standard InChI is InChI=1S/C5H7NO/c1-2-3-4-5-6-7/h1,5,7H,3-4H2. The molecular weight excluding hydrogens is 90.1 g/mol. The summed E-state index contributed by atoms with van der Waals surface area (Å²) in [6.07, 6.45) is 7.55. The van der Waals surface area contributed by atoms with Crippen LogP contribution in [0.1, 0.15) is 12.8 Å². The zero-order valence-electron chi connectivity index (χ0n) is 3.96. The molecule has 0 unspecified atom stereocenters. The van der Waals surface area contributed by atoms with Crippen molar-refractivity contribution in [3.05, 3.63) is 0 Å². The first-order valence-corrected chi connectivity index (χ1v) is 2.01. The van der Waals surface area contributed by atoms with Crippen LogP contribution in [0.4, 0.5) is 0 Å². The van der Waals surface area contributed by atoms with Crippen molar-refractivity contribution in [2.45, 2.75) is 12.8 Å². The van der Waals surface area contributed by atoms with Gasteiger partial charge in [0.1, 0.15) is 0 Å². The Kier molecular flexibility index (Phi) is 4.33. The lowest BCUT2D eigenvalue weighted by atomic mass is 10.3. The lowest BCUT2D eigenvalue weighted by molar-refractivity contribution is 0.320. The Morgan fingerprint density at radius 1 is 1.86 bits per heavy atom. The summed E-state index contributed by atoms with van der Waals surface area (Å²) in [6.45, 7) is 0. The van der Waals surface area contributed by atoms with Crippen molar-refractivity contribution in [1.29, 1.82) is 0 Å². The molecule has 2 heteroatoms. The van der Waals surface area contributed by atoms with Crippen molar-refractivity contribution >= 4 is 6.21 Å². The van der Waals surface area contributed by atoms with Gasteiger partial charge < -0.3 is 5.21 Å². The van der Waals surface area contributed by atoms with Crippen LogP contribution in [0.15, 0.2) is 5.16 Å². The fourth-order valence-electron chi connectivity index (χ4n) is 0.206.